The summed E-state index contributed by atoms with van der Waals surface area (Å²) in [6.45, 7) is 4.83. The van der Waals surface area contributed by atoms with E-state index in [1.54, 1.807) is 37.3 Å². The highest BCUT2D eigenvalue weighted by Gasteiger charge is 2.16. The van der Waals surface area contributed by atoms with Gasteiger partial charge in [0.25, 0.3) is 10.0 Å². The number of hydrogen-bond donors (Lipinski definition) is 1. The van der Waals surface area contributed by atoms with Crippen molar-refractivity contribution in [1.29, 1.82) is 0 Å². The van der Waals surface area contributed by atoms with Gasteiger partial charge in [0.1, 0.15) is 0 Å². The van der Waals surface area contributed by atoms with Crippen LogP contribution in [0.2, 0.25) is 0 Å². The molecule has 1 N–H and O–H groups in total. The normalized spacial score (nSPS) is 11.4. The monoisotopic (exact) mass is 376 g/mol. The van der Waals surface area contributed by atoms with Crippen molar-refractivity contribution in [2.75, 3.05) is 7.11 Å². The van der Waals surface area contributed by atoms with Crippen LogP contribution in [0.25, 0.3) is 0 Å². The minimum absolute atomic E-state index is 0.178. The molecule has 0 aliphatic heterocycles. The summed E-state index contributed by atoms with van der Waals surface area (Å²) in [5, 5.41) is 3.80. The number of carbonyl (C=O) groups excluding carboxylic acids is 1. The minimum atomic E-state index is -3.77. The third-order valence-electron chi connectivity index (χ3n) is 3.46. The Morgan fingerprint density at radius 1 is 1.12 bits per heavy atom. The molecule has 0 amide bonds. The van der Waals surface area contributed by atoms with Gasteiger partial charge in [-0.3, -0.25) is 4.79 Å². The summed E-state index contributed by atoms with van der Waals surface area (Å²) in [6.07, 6.45) is 1.34. The average molecular weight is 376 g/mol. The van der Waals surface area contributed by atoms with Crippen molar-refractivity contribution in [1.82, 2.24) is 4.83 Å². The molecule has 8 heteroatoms. The number of nitrogens with one attached hydrogen (secondary N) is 1. The number of hydrazone groups is 1. The van der Waals surface area contributed by atoms with Gasteiger partial charge in [-0.1, -0.05) is 12.1 Å². The molecule has 2 rings (SSSR count). The molecule has 0 bridgehead atoms. The third kappa shape index (κ3) is 4.82. The fourth-order valence-electron chi connectivity index (χ4n) is 2.22. The van der Waals surface area contributed by atoms with Crippen molar-refractivity contribution in [2.45, 2.75) is 25.7 Å². The summed E-state index contributed by atoms with van der Waals surface area (Å²) in [4.78, 5) is 13.4. The number of carbonyl (C=O) groups is 1. The molecule has 0 heterocycles. The lowest BCUT2D eigenvalue weighted by molar-refractivity contribution is -0.132. The standard InChI is InChI=1S/C18H20N2O5S/c1-12-5-6-13(2)18(9-12)26(22,23)20-19-11-15-7-8-16(25-14(3)21)17(10-15)24-4/h5-11,20H,1-4H3/b19-11-. The first-order valence-corrected chi connectivity index (χ1v) is 9.20. The summed E-state index contributed by atoms with van der Waals surface area (Å²) in [5.41, 5.74) is 2.04. The molecule has 0 unspecified atom stereocenters. The SMILES string of the molecule is COc1cc(/C=N\NS(=O)(=O)c2cc(C)ccc2C)ccc1OC(C)=O. The number of nitrogens with zero attached hydrogens (tertiary/aromatic N) is 1. The summed E-state index contributed by atoms with van der Waals surface area (Å²) in [7, 11) is -2.33. The second-order valence-corrected chi connectivity index (χ2v) is 7.26. The van der Waals surface area contributed by atoms with E-state index in [1.807, 2.05) is 13.0 Å². The van der Waals surface area contributed by atoms with E-state index in [-0.39, 0.29) is 10.6 Å². The smallest absolute Gasteiger partial charge is 0.308 e. The number of esters is 1. The van der Waals surface area contributed by atoms with Crippen molar-refractivity contribution in [2.24, 2.45) is 5.10 Å². The first-order valence-electron chi connectivity index (χ1n) is 7.71. The van der Waals surface area contributed by atoms with E-state index in [9.17, 15) is 13.2 Å². The highest BCUT2D eigenvalue weighted by Crippen LogP contribution is 2.27. The lowest BCUT2D eigenvalue weighted by Crippen LogP contribution is -2.19. The van der Waals surface area contributed by atoms with E-state index in [0.717, 1.165) is 5.56 Å². The van der Waals surface area contributed by atoms with Crippen LogP contribution in [-0.4, -0.2) is 27.7 Å². The van der Waals surface area contributed by atoms with Crippen LogP contribution in [0.1, 0.15) is 23.6 Å². The quantitative estimate of drug-likeness (QED) is 0.362. The van der Waals surface area contributed by atoms with Gasteiger partial charge < -0.3 is 9.47 Å². The first-order chi connectivity index (χ1) is 12.2. The highest BCUT2D eigenvalue weighted by molar-refractivity contribution is 7.89. The fourth-order valence-corrected chi connectivity index (χ4v) is 3.34. The van der Waals surface area contributed by atoms with Gasteiger partial charge >= 0.3 is 5.97 Å². The Bertz CT molecular complexity index is 952. The van der Waals surface area contributed by atoms with Gasteiger partial charge in [-0.15, -0.1) is 0 Å². The molecular weight excluding hydrogens is 356 g/mol. The number of sulfonamides is 1. The molecule has 0 fully saturated rings. The molecule has 0 aliphatic carbocycles. The van der Waals surface area contributed by atoms with Gasteiger partial charge in [0.2, 0.25) is 0 Å². The van der Waals surface area contributed by atoms with E-state index in [4.69, 9.17) is 9.47 Å². The zero-order valence-electron chi connectivity index (χ0n) is 14.9. The van der Waals surface area contributed by atoms with Crippen LogP contribution in [0.4, 0.5) is 0 Å². The first kappa shape index (κ1) is 19.5. The number of aryl methyl sites for hydroxylation is 2. The van der Waals surface area contributed by atoms with Crippen molar-refractivity contribution < 1.29 is 22.7 Å². The molecule has 0 saturated heterocycles. The van der Waals surface area contributed by atoms with Crippen LogP contribution in [0.15, 0.2) is 46.4 Å². The summed E-state index contributed by atoms with van der Waals surface area (Å²) >= 11 is 0. The molecule has 26 heavy (non-hydrogen) atoms. The van der Waals surface area contributed by atoms with Crippen LogP contribution in [0, 0.1) is 13.8 Å². The molecule has 0 spiro atoms. The lowest BCUT2D eigenvalue weighted by atomic mass is 10.2. The molecule has 138 valence electrons. The number of rotatable bonds is 6. The largest absolute Gasteiger partial charge is 0.493 e. The zero-order chi connectivity index (χ0) is 19.3. The second kappa shape index (κ2) is 8.01. The van der Waals surface area contributed by atoms with Gasteiger partial charge in [-0.2, -0.15) is 13.5 Å². The maximum absolute atomic E-state index is 12.4. The van der Waals surface area contributed by atoms with Gasteiger partial charge in [0.15, 0.2) is 11.5 Å². The van der Waals surface area contributed by atoms with Crippen LogP contribution < -0.4 is 14.3 Å². The van der Waals surface area contributed by atoms with Crippen LogP contribution in [0.5, 0.6) is 11.5 Å². The summed E-state index contributed by atoms with van der Waals surface area (Å²) in [6, 6.07) is 9.91. The Labute approximate surface area is 152 Å². The molecule has 2 aromatic carbocycles. The van der Waals surface area contributed by atoms with Crippen molar-refractivity contribution in [3.63, 3.8) is 0 Å². The number of hydrogen-bond acceptors (Lipinski definition) is 6. The maximum atomic E-state index is 12.4. The topological polar surface area (TPSA) is 94.1 Å². The fraction of sp³-hybridized carbons (Fsp3) is 0.222. The predicted octanol–water partition coefficient (Wildman–Crippen LogP) is 2.55. The van der Waals surface area contributed by atoms with Crippen LogP contribution in [-0.2, 0) is 14.8 Å². The van der Waals surface area contributed by atoms with Gasteiger partial charge in [0, 0.05) is 6.92 Å². The average Bonchev–Trinajstić information content (AvgIpc) is 2.57. The molecule has 0 radical (unpaired) electrons. The molecule has 0 saturated carbocycles. The Kier molecular flexibility index (Phi) is 5.99. The van der Waals surface area contributed by atoms with E-state index >= 15 is 0 Å². The maximum Gasteiger partial charge on any atom is 0.308 e. The predicted molar refractivity (Wildman–Crippen MR) is 98.1 cm³/mol. The number of benzene rings is 2. The molecule has 0 atom stereocenters. The van der Waals surface area contributed by atoms with E-state index in [0.29, 0.717) is 16.9 Å². The number of methoxy groups -OCH3 is 1. The van der Waals surface area contributed by atoms with E-state index in [2.05, 4.69) is 9.93 Å². The van der Waals surface area contributed by atoms with Crippen molar-refractivity contribution in [3.05, 3.63) is 53.1 Å². The molecular formula is C18H20N2O5S. The summed E-state index contributed by atoms with van der Waals surface area (Å²) < 4.78 is 34.9. The Morgan fingerprint density at radius 3 is 2.50 bits per heavy atom. The third-order valence-corrected chi connectivity index (χ3v) is 4.83. The zero-order valence-corrected chi connectivity index (χ0v) is 15.8. The minimum Gasteiger partial charge on any atom is -0.493 e. The Morgan fingerprint density at radius 2 is 1.85 bits per heavy atom. The van der Waals surface area contributed by atoms with Crippen molar-refractivity contribution in [3.8, 4) is 11.5 Å². The van der Waals surface area contributed by atoms with Crippen LogP contribution in [0.3, 0.4) is 0 Å². The Balaban J connectivity index is 2.19. The summed E-state index contributed by atoms with van der Waals surface area (Å²) in [5.74, 6) is 0.139. The number of ether oxygens (including phenoxy) is 2. The van der Waals surface area contributed by atoms with Gasteiger partial charge in [-0.05, 0) is 54.8 Å². The molecule has 0 aliphatic rings. The van der Waals surface area contributed by atoms with Crippen LogP contribution >= 0.6 is 0 Å². The molecule has 2 aromatic rings. The highest BCUT2D eigenvalue weighted by atomic mass is 32.2. The van der Waals surface area contributed by atoms with Crippen molar-refractivity contribution >= 4 is 22.2 Å². The molecule has 0 aromatic heterocycles. The molecule has 7 nitrogen and oxygen atoms in total. The van der Waals surface area contributed by atoms with E-state index in [1.165, 1.54) is 20.2 Å². The lowest BCUT2D eigenvalue weighted by Gasteiger charge is -2.09. The Hall–Kier alpha value is -2.87. The second-order valence-electron chi connectivity index (χ2n) is 5.63. The van der Waals surface area contributed by atoms with Gasteiger partial charge in [0.05, 0.1) is 18.2 Å². The van der Waals surface area contributed by atoms with Gasteiger partial charge in [-0.25, -0.2) is 4.83 Å². The van der Waals surface area contributed by atoms with E-state index < -0.39 is 16.0 Å².